The molecule has 1 saturated heterocycles. The van der Waals surface area contributed by atoms with Crippen molar-refractivity contribution in [2.45, 2.75) is 44.7 Å². The minimum Gasteiger partial charge on any atom is -0.372 e. The van der Waals surface area contributed by atoms with Crippen molar-refractivity contribution >= 4 is 29.0 Å². The molecule has 0 unspecified atom stereocenters. The molecule has 6 nitrogen and oxygen atoms in total. The first-order valence-electron chi connectivity index (χ1n) is 9.43. The van der Waals surface area contributed by atoms with Crippen LogP contribution in [0.5, 0.6) is 0 Å². The van der Waals surface area contributed by atoms with Crippen molar-refractivity contribution in [3.63, 3.8) is 0 Å². The minimum atomic E-state index is -0.176. The van der Waals surface area contributed by atoms with Gasteiger partial charge in [0, 0.05) is 36.2 Å². The number of aromatic nitrogens is 2. The fourth-order valence-corrected chi connectivity index (χ4v) is 3.91. The van der Waals surface area contributed by atoms with Gasteiger partial charge in [0.1, 0.15) is 0 Å². The summed E-state index contributed by atoms with van der Waals surface area (Å²) in [5, 5.41) is 3.44. The number of aromatic amines is 1. The van der Waals surface area contributed by atoms with Gasteiger partial charge in [-0.15, -0.1) is 0 Å². The molecule has 1 fully saturated rings. The summed E-state index contributed by atoms with van der Waals surface area (Å²) in [5.41, 5.74) is 3.67. The Kier molecular flexibility index (Phi) is 6.55. The van der Waals surface area contributed by atoms with Crippen LogP contribution in [0.4, 0.5) is 11.4 Å². The van der Waals surface area contributed by atoms with E-state index in [9.17, 15) is 9.59 Å². The molecule has 2 aromatic rings. The van der Waals surface area contributed by atoms with Gasteiger partial charge in [-0.3, -0.25) is 9.59 Å². The Morgan fingerprint density at radius 2 is 2.07 bits per heavy atom. The summed E-state index contributed by atoms with van der Waals surface area (Å²) in [7, 11) is 0. The van der Waals surface area contributed by atoms with Crippen LogP contribution in [0.15, 0.2) is 34.2 Å². The topological polar surface area (TPSA) is 78.1 Å². The van der Waals surface area contributed by atoms with Gasteiger partial charge in [-0.05, 0) is 49.9 Å². The van der Waals surface area contributed by atoms with E-state index in [-0.39, 0.29) is 17.2 Å². The molecule has 7 heteroatoms. The lowest BCUT2D eigenvalue weighted by atomic mass is 10.1. The van der Waals surface area contributed by atoms with Crippen LogP contribution >= 0.6 is 11.8 Å². The summed E-state index contributed by atoms with van der Waals surface area (Å²) in [6, 6.07) is 7.67. The second kappa shape index (κ2) is 9.08. The molecule has 144 valence electrons. The highest BCUT2D eigenvalue weighted by Gasteiger charge is 2.14. The molecule has 0 aliphatic carbocycles. The molecule has 1 aromatic carbocycles. The van der Waals surface area contributed by atoms with Crippen LogP contribution in [0.1, 0.15) is 37.4 Å². The molecule has 0 spiro atoms. The van der Waals surface area contributed by atoms with Crippen LogP contribution in [0.3, 0.4) is 0 Å². The molecule has 0 bridgehead atoms. The van der Waals surface area contributed by atoms with Crippen LogP contribution in [-0.4, -0.2) is 34.7 Å². The van der Waals surface area contributed by atoms with Crippen LogP contribution < -0.4 is 15.8 Å². The van der Waals surface area contributed by atoms with E-state index in [2.05, 4.69) is 32.3 Å². The Morgan fingerprint density at radius 1 is 1.30 bits per heavy atom. The Morgan fingerprint density at radius 3 is 2.78 bits per heavy atom. The number of aryl methyl sites for hydroxylation is 2. The normalized spacial score (nSPS) is 13.8. The maximum absolute atomic E-state index is 12.3. The quantitative estimate of drug-likeness (QED) is 0.563. The van der Waals surface area contributed by atoms with Gasteiger partial charge in [0.15, 0.2) is 5.16 Å². The third-order valence-electron chi connectivity index (χ3n) is 4.57. The number of hydrogen-bond acceptors (Lipinski definition) is 5. The minimum absolute atomic E-state index is 0.111. The SMILES string of the molecule is CCCc1cc(=O)[nH]c(SCC(=O)Nc2ccc(N3CCCC3)cc2C)n1. The monoisotopic (exact) mass is 386 g/mol. The van der Waals surface area contributed by atoms with E-state index in [0.717, 1.165) is 42.9 Å². The number of nitrogens with zero attached hydrogens (tertiary/aromatic N) is 2. The van der Waals surface area contributed by atoms with Gasteiger partial charge >= 0.3 is 0 Å². The van der Waals surface area contributed by atoms with E-state index in [0.29, 0.717) is 5.16 Å². The highest BCUT2D eigenvalue weighted by atomic mass is 32.2. The molecular weight excluding hydrogens is 360 g/mol. The van der Waals surface area contributed by atoms with Gasteiger partial charge < -0.3 is 15.2 Å². The van der Waals surface area contributed by atoms with E-state index in [1.807, 2.05) is 19.9 Å². The number of nitrogens with one attached hydrogen (secondary N) is 2. The van der Waals surface area contributed by atoms with Crippen molar-refractivity contribution in [2.24, 2.45) is 0 Å². The van der Waals surface area contributed by atoms with Crippen molar-refractivity contribution in [1.29, 1.82) is 0 Å². The molecular formula is C20H26N4O2S. The predicted octanol–water partition coefficient (Wildman–Crippen LogP) is 3.36. The second-order valence-corrected chi connectivity index (χ2v) is 7.79. The van der Waals surface area contributed by atoms with Crippen LogP contribution in [0, 0.1) is 6.92 Å². The molecule has 1 amide bonds. The first kappa shape index (κ1) is 19.5. The van der Waals surface area contributed by atoms with Gasteiger partial charge in [-0.2, -0.15) is 0 Å². The molecule has 27 heavy (non-hydrogen) atoms. The van der Waals surface area contributed by atoms with Gasteiger partial charge in [0.05, 0.1) is 5.75 Å². The molecule has 3 rings (SSSR count). The summed E-state index contributed by atoms with van der Waals surface area (Å²) >= 11 is 1.24. The lowest BCUT2D eigenvalue weighted by molar-refractivity contribution is -0.113. The lowest BCUT2D eigenvalue weighted by Gasteiger charge is -2.19. The zero-order valence-corrected chi connectivity index (χ0v) is 16.7. The average molecular weight is 387 g/mol. The maximum Gasteiger partial charge on any atom is 0.251 e. The molecule has 1 aromatic heterocycles. The number of hydrogen-bond donors (Lipinski definition) is 2. The molecule has 2 heterocycles. The Labute approximate surface area is 163 Å². The first-order chi connectivity index (χ1) is 13.0. The standard InChI is InChI=1S/C20H26N4O2S/c1-3-6-15-12-18(25)23-20(21-15)27-13-19(26)22-17-8-7-16(11-14(17)2)24-9-4-5-10-24/h7-8,11-12H,3-6,9-10,13H2,1-2H3,(H,22,26)(H,21,23,25). The van der Waals surface area contributed by atoms with Gasteiger partial charge in [-0.25, -0.2) is 4.98 Å². The van der Waals surface area contributed by atoms with Gasteiger partial charge in [0.25, 0.3) is 5.56 Å². The van der Waals surface area contributed by atoms with E-state index in [4.69, 9.17) is 0 Å². The zero-order valence-electron chi connectivity index (χ0n) is 15.9. The van der Waals surface area contributed by atoms with Crippen LogP contribution in [0.25, 0.3) is 0 Å². The van der Waals surface area contributed by atoms with Crippen molar-refractivity contribution < 1.29 is 4.79 Å². The number of amides is 1. The zero-order chi connectivity index (χ0) is 19.2. The molecule has 0 atom stereocenters. The van der Waals surface area contributed by atoms with E-state index in [1.165, 1.54) is 36.4 Å². The lowest BCUT2D eigenvalue weighted by Crippen LogP contribution is -2.19. The summed E-state index contributed by atoms with van der Waals surface area (Å²) < 4.78 is 0. The van der Waals surface area contributed by atoms with Gasteiger partial charge in [-0.1, -0.05) is 25.1 Å². The highest BCUT2D eigenvalue weighted by Crippen LogP contribution is 2.25. The Hall–Kier alpha value is -2.28. The smallest absolute Gasteiger partial charge is 0.251 e. The Bertz CT molecular complexity index is 859. The summed E-state index contributed by atoms with van der Waals surface area (Å²) in [4.78, 5) is 33.5. The fraction of sp³-hybridized carbons (Fsp3) is 0.450. The van der Waals surface area contributed by atoms with Crippen molar-refractivity contribution in [1.82, 2.24) is 9.97 Å². The number of carbonyl (C=O) groups excluding carboxylic acids is 1. The first-order valence-corrected chi connectivity index (χ1v) is 10.4. The number of rotatable bonds is 7. The molecule has 0 radical (unpaired) electrons. The van der Waals surface area contributed by atoms with Crippen LogP contribution in [-0.2, 0) is 11.2 Å². The summed E-state index contributed by atoms with van der Waals surface area (Å²) in [6.07, 6.45) is 4.16. The van der Waals surface area contributed by atoms with Gasteiger partial charge in [0.2, 0.25) is 5.91 Å². The predicted molar refractivity (Wildman–Crippen MR) is 111 cm³/mol. The maximum atomic E-state index is 12.3. The van der Waals surface area contributed by atoms with E-state index >= 15 is 0 Å². The second-order valence-electron chi connectivity index (χ2n) is 6.82. The molecule has 1 aliphatic heterocycles. The number of benzene rings is 1. The largest absolute Gasteiger partial charge is 0.372 e. The number of anilines is 2. The third-order valence-corrected chi connectivity index (χ3v) is 5.45. The number of thioether (sulfide) groups is 1. The molecule has 0 saturated carbocycles. The summed E-state index contributed by atoms with van der Waals surface area (Å²) in [6.45, 7) is 6.25. The highest BCUT2D eigenvalue weighted by molar-refractivity contribution is 7.99. The van der Waals surface area contributed by atoms with Crippen molar-refractivity contribution in [3.05, 3.63) is 45.9 Å². The third kappa shape index (κ3) is 5.35. The van der Waals surface area contributed by atoms with Crippen molar-refractivity contribution in [3.8, 4) is 0 Å². The van der Waals surface area contributed by atoms with E-state index in [1.54, 1.807) is 0 Å². The summed E-state index contributed by atoms with van der Waals surface area (Å²) in [5.74, 6) is 0.0896. The average Bonchev–Trinajstić information content (AvgIpc) is 3.16. The Balaban J connectivity index is 1.58. The van der Waals surface area contributed by atoms with E-state index < -0.39 is 0 Å². The molecule has 2 N–H and O–H groups in total. The van der Waals surface area contributed by atoms with Crippen molar-refractivity contribution in [2.75, 3.05) is 29.1 Å². The number of H-pyrrole nitrogens is 1. The number of carbonyl (C=O) groups is 1. The molecule has 1 aliphatic rings. The van der Waals surface area contributed by atoms with Crippen LogP contribution in [0.2, 0.25) is 0 Å². The fourth-order valence-electron chi connectivity index (χ4n) is 3.22.